The third kappa shape index (κ3) is 5.55. The molecule has 0 radical (unpaired) electrons. The van der Waals surface area contributed by atoms with Gasteiger partial charge in [-0.15, -0.1) is 10.2 Å². The highest BCUT2D eigenvalue weighted by atomic mass is 35.5. The van der Waals surface area contributed by atoms with Crippen LogP contribution >= 0.6 is 11.6 Å². The number of nitrogens with two attached hydrogens (primary N) is 1. The largest absolute Gasteiger partial charge is 0.456 e. The Hall–Kier alpha value is -3.73. The molecule has 0 saturated heterocycles. The first-order chi connectivity index (χ1) is 15.8. The molecule has 11 heteroatoms. The van der Waals surface area contributed by atoms with Crippen molar-refractivity contribution in [3.05, 3.63) is 90.0 Å². The van der Waals surface area contributed by atoms with Crippen molar-refractivity contribution in [1.29, 1.82) is 0 Å². The molecule has 0 aliphatic rings. The number of rotatable bonds is 7. The Labute approximate surface area is 194 Å². The number of benzene rings is 3. The van der Waals surface area contributed by atoms with Crippen molar-refractivity contribution in [2.75, 3.05) is 5.32 Å². The number of nitrogens with one attached hydrogen (secondary N) is 1. The monoisotopic (exact) mass is 483 g/mol. The Bertz CT molecular complexity index is 1410. The smallest absolute Gasteiger partial charge is 0.241 e. The van der Waals surface area contributed by atoms with Gasteiger partial charge >= 0.3 is 0 Å². The second-order valence-electron chi connectivity index (χ2n) is 6.99. The Morgan fingerprint density at radius 3 is 2.52 bits per heavy atom. The predicted molar refractivity (Wildman–Crippen MR) is 123 cm³/mol. The molecule has 0 aliphatic carbocycles. The fourth-order valence-electron chi connectivity index (χ4n) is 3.08. The van der Waals surface area contributed by atoms with Crippen LogP contribution in [0.4, 0.5) is 5.69 Å². The van der Waals surface area contributed by atoms with Gasteiger partial charge in [-0.05, 0) is 42.0 Å². The Balaban J connectivity index is 1.57. The molecular formula is C22H18ClN5O4S. The molecule has 168 valence electrons. The number of hydrogen-bond donors (Lipinski definition) is 2. The van der Waals surface area contributed by atoms with Gasteiger partial charge in [-0.1, -0.05) is 35.9 Å². The molecule has 3 aromatic carbocycles. The maximum Gasteiger partial charge on any atom is 0.241 e. The zero-order valence-electron chi connectivity index (χ0n) is 17.1. The van der Waals surface area contributed by atoms with E-state index in [9.17, 15) is 13.2 Å². The molecule has 0 fully saturated rings. The molecule has 4 rings (SSSR count). The summed E-state index contributed by atoms with van der Waals surface area (Å²) in [5.41, 5.74) is 1.62. The zero-order chi connectivity index (χ0) is 23.4. The molecule has 0 unspecified atom stereocenters. The topological polar surface area (TPSA) is 129 Å². The average Bonchev–Trinajstić information content (AvgIpc) is 3.31. The highest BCUT2D eigenvalue weighted by Gasteiger charge is 2.18. The number of sulfonamides is 1. The van der Waals surface area contributed by atoms with E-state index in [1.807, 2.05) is 6.07 Å². The molecular weight excluding hydrogens is 466 g/mol. The average molecular weight is 484 g/mol. The van der Waals surface area contributed by atoms with E-state index in [4.69, 9.17) is 21.5 Å². The van der Waals surface area contributed by atoms with Gasteiger partial charge in [-0.2, -0.15) is 0 Å². The number of carbonyl (C=O) groups is 1. The van der Waals surface area contributed by atoms with Crippen LogP contribution in [-0.4, -0.2) is 29.1 Å². The van der Waals surface area contributed by atoms with E-state index in [0.717, 1.165) is 5.69 Å². The molecule has 1 aromatic heterocycles. The fraction of sp³-hybridized carbons (Fsp3) is 0.0455. The summed E-state index contributed by atoms with van der Waals surface area (Å²) in [5, 5.41) is 16.0. The van der Waals surface area contributed by atoms with E-state index in [-0.39, 0.29) is 28.7 Å². The molecule has 1 heterocycles. The van der Waals surface area contributed by atoms with Gasteiger partial charge in [0.25, 0.3) is 0 Å². The van der Waals surface area contributed by atoms with Gasteiger partial charge in [0.05, 0.1) is 12.1 Å². The number of hydrogen-bond acceptors (Lipinski definition) is 6. The highest BCUT2D eigenvalue weighted by molar-refractivity contribution is 7.89. The summed E-state index contributed by atoms with van der Waals surface area (Å²) in [6.45, 7) is 0. The third-order valence-corrected chi connectivity index (χ3v) is 5.91. The van der Waals surface area contributed by atoms with Crippen molar-refractivity contribution in [2.45, 2.75) is 11.3 Å². The molecule has 1 amide bonds. The van der Waals surface area contributed by atoms with Crippen molar-refractivity contribution in [2.24, 2.45) is 5.14 Å². The Morgan fingerprint density at radius 2 is 1.79 bits per heavy atom. The first-order valence-corrected chi connectivity index (χ1v) is 11.5. The molecule has 0 atom stereocenters. The molecule has 0 saturated carbocycles. The molecule has 3 N–H and O–H groups in total. The Kier molecular flexibility index (Phi) is 6.40. The van der Waals surface area contributed by atoms with Crippen molar-refractivity contribution in [3.63, 3.8) is 0 Å². The molecule has 4 aromatic rings. The second kappa shape index (κ2) is 9.41. The Morgan fingerprint density at radius 1 is 1.03 bits per heavy atom. The van der Waals surface area contributed by atoms with Crippen LogP contribution in [-0.2, 0) is 21.2 Å². The lowest BCUT2D eigenvalue weighted by Gasteiger charge is -2.13. The van der Waals surface area contributed by atoms with E-state index in [1.54, 1.807) is 47.0 Å². The fourth-order valence-corrected chi connectivity index (χ4v) is 3.96. The molecule has 0 bridgehead atoms. The zero-order valence-corrected chi connectivity index (χ0v) is 18.6. The normalized spacial score (nSPS) is 11.2. The van der Waals surface area contributed by atoms with Crippen LogP contribution in [0.3, 0.4) is 0 Å². The number of anilines is 1. The van der Waals surface area contributed by atoms with Gasteiger partial charge < -0.3 is 10.1 Å². The van der Waals surface area contributed by atoms with Crippen LogP contribution in [0.15, 0.2) is 84.3 Å². The molecule has 33 heavy (non-hydrogen) atoms. The SMILES string of the molecule is NS(=O)(=O)c1cc(NC(=O)Cc2ccccc2Cl)ccc1Oc1cccc(-n2cnnc2)c1. The first kappa shape index (κ1) is 22.5. The number of ether oxygens (including phenoxy) is 1. The lowest BCUT2D eigenvalue weighted by molar-refractivity contribution is -0.115. The van der Waals surface area contributed by atoms with Gasteiger partial charge in [-0.3, -0.25) is 9.36 Å². The summed E-state index contributed by atoms with van der Waals surface area (Å²) in [5.74, 6) is 0.0305. The van der Waals surface area contributed by atoms with Crippen molar-refractivity contribution < 1.29 is 17.9 Å². The predicted octanol–water partition coefficient (Wildman–Crippen LogP) is 3.54. The van der Waals surface area contributed by atoms with Gasteiger partial charge in [0.1, 0.15) is 29.0 Å². The van der Waals surface area contributed by atoms with Crippen LogP contribution < -0.4 is 15.2 Å². The minimum Gasteiger partial charge on any atom is -0.456 e. The van der Waals surface area contributed by atoms with Gasteiger partial charge in [0, 0.05) is 16.8 Å². The standard InChI is InChI=1S/C22H18ClN5O4S/c23-19-7-2-1-4-15(19)10-22(29)27-16-8-9-20(21(11-16)33(24,30)31)32-18-6-3-5-17(12-18)28-13-25-26-14-28/h1-9,11-14H,10H2,(H,27,29)(H2,24,30,31). The number of aromatic nitrogens is 3. The quantitative estimate of drug-likeness (QED) is 0.413. The highest BCUT2D eigenvalue weighted by Crippen LogP contribution is 2.31. The second-order valence-corrected chi connectivity index (χ2v) is 8.93. The maximum atomic E-state index is 12.4. The summed E-state index contributed by atoms with van der Waals surface area (Å²) < 4.78 is 31.9. The summed E-state index contributed by atoms with van der Waals surface area (Å²) in [6.07, 6.45) is 3.07. The molecule has 0 aliphatic heterocycles. The number of nitrogens with zero attached hydrogens (tertiary/aromatic N) is 3. The number of primary sulfonamides is 1. The van der Waals surface area contributed by atoms with Gasteiger partial charge in [0.15, 0.2) is 0 Å². The summed E-state index contributed by atoms with van der Waals surface area (Å²) >= 11 is 6.10. The molecule has 9 nitrogen and oxygen atoms in total. The minimum atomic E-state index is -4.15. The lowest BCUT2D eigenvalue weighted by Crippen LogP contribution is -2.17. The summed E-state index contributed by atoms with van der Waals surface area (Å²) in [4.78, 5) is 12.2. The van der Waals surface area contributed by atoms with Crippen molar-refractivity contribution >= 4 is 33.2 Å². The third-order valence-electron chi connectivity index (χ3n) is 4.61. The van der Waals surface area contributed by atoms with Crippen molar-refractivity contribution in [3.8, 4) is 17.2 Å². The molecule has 0 spiro atoms. The van der Waals surface area contributed by atoms with E-state index in [1.165, 1.54) is 30.9 Å². The van der Waals surface area contributed by atoms with E-state index in [2.05, 4.69) is 15.5 Å². The van der Waals surface area contributed by atoms with Crippen molar-refractivity contribution in [1.82, 2.24) is 14.8 Å². The first-order valence-electron chi connectivity index (χ1n) is 9.62. The van der Waals surface area contributed by atoms with Crippen LogP contribution in [0, 0.1) is 0 Å². The number of amides is 1. The van der Waals surface area contributed by atoms with Crippen LogP contribution in [0.25, 0.3) is 5.69 Å². The summed E-state index contributed by atoms with van der Waals surface area (Å²) in [7, 11) is -4.15. The number of halogens is 1. The van der Waals surface area contributed by atoms with Crippen LogP contribution in [0.5, 0.6) is 11.5 Å². The maximum absolute atomic E-state index is 12.4. The van der Waals surface area contributed by atoms with Crippen LogP contribution in [0.2, 0.25) is 5.02 Å². The van der Waals surface area contributed by atoms with E-state index < -0.39 is 10.0 Å². The summed E-state index contributed by atoms with van der Waals surface area (Å²) in [6, 6.07) is 18.1. The van der Waals surface area contributed by atoms with Crippen LogP contribution in [0.1, 0.15) is 5.56 Å². The van der Waals surface area contributed by atoms with Gasteiger partial charge in [-0.25, -0.2) is 13.6 Å². The van der Waals surface area contributed by atoms with E-state index >= 15 is 0 Å². The lowest BCUT2D eigenvalue weighted by atomic mass is 10.1. The minimum absolute atomic E-state index is 0.0162. The number of carbonyl (C=O) groups excluding carboxylic acids is 1. The van der Waals surface area contributed by atoms with E-state index in [0.29, 0.717) is 16.3 Å². The van der Waals surface area contributed by atoms with Gasteiger partial charge in [0.2, 0.25) is 15.9 Å².